The van der Waals surface area contributed by atoms with Crippen molar-refractivity contribution in [2.24, 2.45) is 0 Å². The van der Waals surface area contributed by atoms with E-state index in [9.17, 15) is 9.18 Å². The van der Waals surface area contributed by atoms with E-state index in [0.29, 0.717) is 24.7 Å². The van der Waals surface area contributed by atoms with E-state index in [1.165, 1.54) is 18.2 Å². The van der Waals surface area contributed by atoms with Gasteiger partial charge in [0.1, 0.15) is 5.82 Å². The van der Waals surface area contributed by atoms with Crippen LogP contribution in [0.3, 0.4) is 0 Å². The maximum absolute atomic E-state index is 13.0. The van der Waals surface area contributed by atoms with Crippen LogP contribution in [0.5, 0.6) is 0 Å². The Kier molecular flexibility index (Phi) is 4.04. The molecule has 0 bridgehead atoms. The zero-order valence-electron chi connectivity index (χ0n) is 11.4. The first-order chi connectivity index (χ1) is 9.02. The molecule has 1 atom stereocenters. The maximum atomic E-state index is 13.0. The van der Waals surface area contributed by atoms with E-state index in [-0.39, 0.29) is 11.6 Å². The first-order valence-electron chi connectivity index (χ1n) is 6.61. The molecular formula is C14H20FN3O. The third-order valence-electron chi connectivity index (χ3n) is 3.70. The number of likely N-dealkylation sites (N-methyl/N-ethyl adjacent to an activating group) is 1. The van der Waals surface area contributed by atoms with Crippen LogP contribution in [0.25, 0.3) is 0 Å². The summed E-state index contributed by atoms with van der Waals surface area (Å²) in [7, 11) is 0. The molecule has 19 heavy (non-hydrogen) atoms. The van der Waals surface area contributed by atoms with Gasteiger partial charge in [-0.1, -0.05) is 6.92 Å². The summed E-state index contributed by atoms with van der Waals surface area (Å²) < 4.78 is 13.0. The molecule has 5 heteroatoms. The normalized spacial score (nSPS) is 20.6. The van der Waals surface area contributed by atoms with Crippen LogP contribution in [-0.4, -0.2) is 47.9 Å². The van der Waals surface area contributed by atoms with E-state index in [1.807, 2.05) is 0 Å². The van der Waals surface area contributed by atoms with Crippen LogP contribution < -0.4 is 5.73 Å². The van der Waals surface area contributed by atoms with Crippen molar-refractivity contribution in [3.63, 3.8) is 0 Å². The first-order valence-corrected chi connectivity index (χ1v) is 6.61. The van der Waals surface area contributed by atoms with Gasteiger partial charge in [-0.05, 0) is 31.7 Å². The van der Waals surface area contributed by atoms with Crippen molar-refractivity contribution in [2.45, 2.75) is 19.9 Å². The fraction of sp³-hybridized carbons (Fsp3) is 0.500. The van der Waals surface area contributed by atoms with Crippen molar-refractivity contribution in [3.8, 4) is 0 Å². The average molecular weight is 265 g/mol. The Hall–Kier alpha value is -1.62. The number of halogens is 1. The molecule has 1 aliphatic heterocycles. The van der Waals surface area contributed by atoms with Gasteiger partial charge in [-0.3, -0.25) is 9.69 Å². The van der Waals surface area contributed by atoms with Crippen LogP contribution >= 0.6 is 0 Å². The second-order valence-corrected chi connectivity index (χ2v) is 4.96. The standard InChI is InChI=1S/C14H20FN3O/c1-3-17-6-7-18(9-10(17)2)14(19)12-5-4-11(15)8-13(12)16/h4-5,8,10H,3,6-7,9,16H2,1-2H3. The van der Waals surface area contributed by atoms with Gasteiger partial charge in [0.05, 0.1) is 5.56 Å². The minimum atomic E-state index is -0.418. The SMILES string of the molecule is CCN1CCN(C(=O)c2ccc(F)cc2N)CC1C. The number of nitrogens with two attached hydrogens (primary N) is 1. The van der Waals surface area contributed by atoms with Gasteiger partial charge < -0.3 is 10.6 Å². The van der Waals surface area contributed by atoms with E-state index >= 15 is 0 Å². The number of hydrogen-bond donors (Lipinski definition) is 1. The van der Waals surface area contributed by atoms with E-state index in [4.69, 9.17) is 5.73 Å². The van der Waals surface area contributed by atoms with Gasteiger partial charge >= 0.3 is 0 Å². The van der Waals surface area contributed by atoms with Gasteiger partial charge in [0.25, 0.3) is 5.91 Å². The highest BCUT2D eigenvalue weighted by molar-refractivity contribution is 5.99. The molecule has 2 N–H and O–H groups in total. The monoisotopic (exact) mass is 265 g/mol. The zero-order valence-corrected chi connectivity index (χ0v) is 11.4. The molecule has 2 rings (SSSR count). The van der Waals surface area contributed by atoms with Crippen molar-refractivity contribution in [1.29, 1.82) is 0 Å². The van der Waals surface area contributed by atoms with Crippen LogP contribution in [0.4, 0.5) is 10.1 Å². The minimum absolute atomic E-state index is 0.111. The number of rotatable bonds is 2. The molecule has 1 amide bonds. The number of piperazine rings is 1. The van der Waals surface area contributed by atoms with E-state index in [1.54, 1.807) is 4.90 Å². The Labute approximate surface area is 113 Å². The van der Waals surface area contributed by atoms with Gasteiger partial charge in [-0.25, -0.2) is 4.39 Å². The average Bonchev–Trinajstić information content (AvgIpc) is 2.38. The molecule has 1 saturated heterocycles. The Morgan fingerprint density at radius 2 is 2.21 bits per heavy atom. The Morgan fingerprint density at radius 1 is 1.47 bits per heavy atom. The fourth-order valence-corrected chi connectivity index (χ4v) is 2.55. The van der Waals surface area contributed by atoms with E-state index in [0.717, 1.165) is 13.1 Å². The van der Waals surface area contributed by atoms with Crippen LogP contribution in [0.1, 0.15) is 24.2 Å². The molecule has 1 aliphatic rings. The number of hydrogen-bond acceptors (Lipinski definition) is 3. The summed E-state index contributed by atoms with van der Waals surface area (Å²) in [6.07, 6.45) is 0. The molecule has 1 fully saturated rings. The van der Waals surface area contributed by atoms with Crippen molar-refractivity contribution in [3.05, 3.63) is 29.6 Å². The number of benzene rings is 1. The smallest absolute Gasteiger partial charge is 0.256 e. The highest BCUT2D eigenvalue weighted by Crippen LogP contribution is 2.18. The molecule has 104 valence electrons. The van der Waals surface area contributed by atoms with Gasteiger partial charge in [0, 0.05) is 31.4 Å². The Balaban J connectivity index is 2.12. The predicted octanol–water partition coefficient (Wildman–Crippen LogP) is 1.57. The van der Waals surface area contributed by atoms with Crippen molar-refractivity contribution < 1.29 is 9.18 Å². The third kappa shape index (κ3) is 2.87. The Morgan fingerprint density at radius 3 is 2.79 bits per heavy atom. The summed E-state index contributed by atoms with van der Waals surface area (Å²) in [6, 6.07) is 4.27. The highest BCUT2D eigenvalue weighted by Gasteiger charge is 2.27. The molecule has 0 aromatic heterocycles. The van der Waals surface area contributed by atoms with E-state index < -0.39 is 5.82 Å². The van der Waals surface area contributed by atoms with Crippen LogP contribution in [0.15, 0.2) is 18.2 Å². The molecule has 4 nitrogen and oxygen atoms in total. The quantitative estimate of drug-likeness (QED) is 0.826. The number of anilines is 1. The molecule has 1 heterocycles. The molecule has 0 saturated carbocycles. The van der Waals surface area contributed by atoms with Gasteiger partial charge in [0.15, 0.2) is 0 Å². The van der Waals surface area contributed by atoms with Gasteiger partial charge in [-0.2, -0.15) is 0 Å². The fourth-order valence-electron chi connectivity index (χ4n) is 2.55. The van der Waals surface area contributed by atoms with Crippen molar-refractivity contribution in [2.75, 3.05) is 31.9 Å². The largest absolute Gasteiger partial charge is 0.398 e. The topological polar surface area (TPSA) is 49.6 Å². The molecule has 0 spiro atoms. The van der Waals surface area contributed by atoms with E-state index in [2.05, 4.69) is 18.7 Å². The maximum Gasteiger partial charge on any atom is 0.256 e. The second kappa shape index (κ2) is 5.57. The second-order valence-electron chi connectivity index (χ2n) is 4.96. The van der Waals surface area contributed by atoms with Crippen LogP contribution in [0.2, 0.25) is 0 Å². The third-order valence-corrected chi connectivity index (χ3v) is 3.70. The summed E-state index contributed by atoms with van der Waals surface area (Å²) in [5, 5.41) is 0. The summed E-state index contributed by atoms with van der Waals surface area (Å²) in [6.45, 7) is 7.45. The summed E-state index contributed by atoms with van der Waals surface area (Å²) in [5.74, 6) is -0.529. The summed E-state index contributed by atoms with van der Waals surface area (Å²) in [5.41, 5.74) is 6.31. The number of nitrogen functional groups attached to an aromatic ring is 1. The molecule has 0 radical (unpaired) electrons. The lowest BCUT2D eigenvalue weighted by Gasteiger charge is -2.39. The van der Waals surface area contributed by atoms with Gasteiger partial charge in [0.2, 0.25) is 0 Å². The number of carbonyl (C=O) groups is 1. The molecule has 1 aromatic carbocycles. The van der Waals surface area contributed by atoms with Crippen molar-refractivity contribution >= 4 is 11.6 Å². The van der Waals surface area contributed by atoms with Gasteiger partial charge in [-0.15, -0.1) is 0 Å². The lowest BCUT2D eigenvalue weighted by Crippen LogP contribution is -2.53. The van der Waals surface area contributed by atoms with Crippen molar-refractivity contribution in [1.82, 2.24) is 9.80 Å². The minimum Gasteiger partial charge on any atom is -0.398 e. The lowest BCUT2D eigenvalue weighted by molar-refractivity contribution is 0.0529. The summed E-state index contributed by atoms with van der Waals surface area (Å²) in [4.78, 5) is 16.5. The number of carbonyl (C=O) groups excluding carboxylic acids is 1. The van der Waals surface area contributed by atoms with Crippen LogP contribution in [0, 0.1) is 5.82 Å². The molecule has 0 aliphatic carbocycles. The molecular weight excluding hydrogens is 245 g/mol. The highest BCUT2D eigenvalue weighted by atomic mass is 19.1. The molecule has 1 aromatic rings. The molecule has 1 unspecified atom stereocenters. The lowest BCUT2D eigenvalue weighted by atomic mass is 10.1. The zero-order chi connectivity index (χ0) is 14.0. The Bertz CT molecular complexity index is 478. The first kappa shape index (κ1) is 13.8. The van der Waals surface area contributed by atoms with Crippen LogP contribution in [-0.2, 0) is 0 Å². The summed E-state index contributed by atoms with van der Waals surface area (Å²) >= 11 is 0. The number of nitrogens with zero attached hydrogens (tertiary/aromatic N) is 2. The number of amides is 1. The predicted molar refractivity (Wildman–Crippen MR) is 73.4 cm³/mol.